The van der Waals surface area contributed by atoms with Gasteiger partial charge < -0.3 is 0 Å². The Labute approximate surface area is 99.0 Å². The fourth-order valence-electron chi connectivity index (χ4n) is 1.75. The minimum absolute atomic E-state index is 0.0100. The summed E-state index contributed by atoms with van der Waals surface area (Å²) in [6.07, 6.45) is 0. The first-order valence-electron chi connectivity index (χ1n) is 5.20. The molecule has 0 saturated heterocycles. The van der Waals surface area contributed by atoms with Gasteiger partial charge in [-0.05, 0) is 26.8 Å². The molecule has 0 aliphatic heterocycles. The number of carbonyl (C=O) groups excluding carboxylic acids is 1. The van der Waals surface area contributed by atoms with Crippen molar-refractivity contribution in [2.24, 2.45) is 0 Å². The van der Waals surface area contributed by atoms with Crippen molar-refractivity contribution in [1.82, 2.24) is 9.78 Å². The van der Waals surface area contributed by atoms with E-state index in [2.05, 4.69) is 5.10 Å². The molecule has 1 aromatic carbocycles. The van der Waals surface area contributed by atoms with Crippen molar-refractivity contribution in [3.8, 4) is 0 Å². The highest BCUT2D eigenvalue weighted by Crippen LogP contribution is 2.29. The van der Waals surface area contributed by atoms with E-state index in [4.69, 9.17) is 11.6 Å². The normalized spacial score (nSPS) is 11.3. The number of nitrogens with zero attached hydrogens (tertiary/aromatic N) is 2. The molecule has 3 nitrogen and oxygen atoms in total. The van der Waals surface area contributed by atoms with Gasteiger partial charge in [-0.3, -0.25) is 9.48 Å². The molecular weight excluding hydrogens is 224 g/mol. The summed E-state index contributed by atoms with van der Waals surface area (Å²) in [7, 11) is 0. The molecule has 1 aromatic heterocycles. The average molecular weight is 237 g/mol. The molecule has 0 N–H and O–H groups in total. The number of benzene rings is 1. The topological polar surface area (TPSA) is 34.9 Å². The lowest BCUT2D eigenvalue weighted by atomic mass is 10.1. The van der Waals surface area contributed by atoms with E-state index < -0.39 is 0 Å². The fourth-order valence-corrected chi connectivity index (χ4v) is 2.18. The zero-order valence-corrected chi connectivity index (χ0v) is 10.2. The third-order valence-electron chi connectivity index (χ3n) is 2.53. The lowest BCUT2D eigenvalue weighted by molar-refractivity contribution is 0.101. The van der Waals surface area contributed by atoms with Crippen molar-refractivity contribution in [1.29, 1.82) is 0 Å². The number of rotatable bonds is 2. The maximum absolute atomic E-state index is 11.5. The standard InChI is InChI=1S/C12H13ClN2O/c1-7(2)15-12(13)11-9(8(3)16)5-4-6-10(11)14-15/h4-7H,1-3H3. The third-order valence-corrected chi connectivity index (χ3v) is 2.90. The van der Waals surface area contributed by atoms with Crippen LogP contribution in [0, 0.1) is 0 Å². The van der Waals surface area contributed by atoms with Crippen LogP contribution < -0.4 is 0 Å². The van der Waals surface area contributed by atoms with Crippen LogP contribution >= 0.6 is 11.6 Å². The van der Waals surface area contributed by atoms with Crippen LogP contribution in [0.3, 0.4) is 0 Å². The Hall–Kier alpha value is -1.35. The molecule has 0 fully saturated rings. The molecule has 0 aliphatic carbocycles. The van der Waals surface area contributed by atoms with Gasteiger partial charge in [0, 0.05) is 17.0 Å². The van der Waals surface area contributed by atoms with Crippen molar-refractivity contribution in [3.63, 3.8) is 0 Å². The monoisotopic (exact) mass is 236 g/mol. The maximum atomic E-state index is 11.5. The summed E-state index contributed by atoms with van der Waals surface area (Å²) in [5.41, 5.74) is 1.40. The Morgan fingerprint density at radius 1 is 1.44 bits per heavy atom. The number of hydrogen-bond acceptors (Lipinski definition) is 2. The van der Waals surface area contributed by atoms with E-state index in [1.165, 1.54) is 6.92 Å². The summed E-state index contributed by atoms with van der Waals surface area (Å²) in [6.45, 7) is 5.55. The van der Waals surface area contributed by atoms with Gasteiger partial charge in [0.25, 0.3) is 0 Å². The molecule has 16 heavy (non-hydrogen) atoms. The van der Waals surface area contributed by atoms with Crippen LogP contribution in [0.1, 0.15) is 37.2 Å². The lowest BCUT2D eigenvalue weighted by Crippen LogP contribution is -2.02. The SMILES string of the molecule is CC(=O)c1cccc2nn(C(C)C)c(Cl)c12. The van der Waals surface area contributed by atoms with E-state index >= 15 is 0 Å². The summed E-state index contributed by atoms with van der Waals surface area (Å²) in [5, 5.41) is 5.68. The Kier molecular flexibility index (Phi) is 2.72. The van der Waals surface area contributed by atoms with Gasteiger partial charge in [0.15, 0.2) is 5.78 Å². The molecule has 0 spiro atoms. The second-order valence-electron chi connectivity index (χ2n) is 4.09. The molecule has 4 heteroatoms. The maximum Gasteiger partial charge on any atom is 0.160 e. The van der Waals surface area contributed by atoms with Crippen LogP contribution in [0.2, 0.25) is 5.15 Å². The summed E-state index contributed by atoms with van der Waals surface area (Å²) in [5.74, 6) is 0.0100. The van der Waals surface area contributed by atoms with Crippen LogP contribution in [0.5, 0.6) is 0 Å². The van der Waals surface area contributed by atoms with Gasteiger partial charge in [0.1, 0.15) is 5.15 Å². The van der Waals surface area contributed by atoms with Gasteiger partial charge in [-0.2, -0.15) is 5.10 Å². The molecule has 84 valence electrons. The van der Waals surface area contributed by atoms with Crippen LogP contribution in [0.25, 0.3) is 10.9 Å². The third kappa shape index (κ3) is 1.61. The number of fused-ring (bicyclic) bond motifs is 1. The van der Waals surface area contributed by atoms with Crippen molar-refractivity contribution in [3.05, 3.63) is 28.9 Å². The largest absolute Gasteiger partial charge is 0.294 e. The molecular formula is C12H13ClN2O. The molecule has 0 unspecified atom stereocenters. The number of hydrogen-bond donors (Lipinski definition) is 0. The second-order valence-corrected chi connectivity index (χ2v) is 4.44. The summed E-state index contributed by atoms with van der Waals surface area (Å²) >= 11 is 6.25. The number of carbonyl (C=O) groups is 1. The number of Topliss-reactive ketones (excluding diaryl/α,β-unsaturated/α-hetero) is 1. The van der Waals surface area contributed by atoms with Crippen LogP contribution in [-0.4, -0.2) is 15.6 Å². The lowest BCUT2D eigenvalue weighted by Gasteiger charge is -2.05. The van der Waals surface area contributed by atoms with Crippen molar-refractivity contribution >= 4 is 28.3 Å². The van der Waals surface area contributed by atoms with Gasteiger partial charge in [-0.25, -0.2) is 0 Å². The van der Waals surface area contributed by atoms with Gasteiger partial charge in [0.2, 0.25) is 0 Å². The molecule has 2 rings (SSSR count). The Balaban J connectivity index is 2.82. The predicted molar refractivity (Wildman–Crippen MR) is 65.1 cm³/mol. The van der Waals surface area contributed by atoms with Gasteiger partial charge >= 0.3 is 0 Å². The molecule has 0 amide bonds. The highest BCUT2D eigenvalue weighted by Gasteiger charge is 2.16. The van der Waals surface area contributed by atoms with Crippen molar-refractivity contribution < 1.29 is 4.79 Å². The molecule has 1 heterocycles. The van der Waals surface area contributed by atoms with E-state index in [-0.39, 0.29) is 11.8 Å². The highest BCUT2D eigenvalue weighted by atomic mass is 35.5. The first-order chi connectivity index (χ1) is 7.52. The zero-order valence-electron chi connectivity index (χ0n) is 9.49. The van der Waals surface area contributed by atoms with Crippen LogP contribution in [0.4, 0.5) is 0 Å². The van der Waals surface area contributed by atoms with E-state index in [0.717, 1.165) is 10.9 Å². The van der Waals surface area contributed by atoms with Crippen molar-refractivity contribution in [2.75, 3.05) is 0 Å². The van der Waals surface area contributed by atoms with E-state index in [1.807, 2.05) is 26.0 Å². The van der Waals surface area contributed by atoms with Gasteiger partial charge in [0.05, 0.1) is 5.52 Å². The molecule has 0 aliphatic rings. The Morgan fingerprint density at radius 2 is 2.12 bits per heavy atom. The molecule has 0 atom stereocenters. The molecule has 0 radical (unpaired) electrons. The predicted octanol–water partition coefficient (Wildman–Crippen LogP) is 3.47. The number of ketones is 1. The number of aromatic nitrogens is 2. The van der Waals surface area contributed by atoms with Crippen molar-refractivity contribution in [2.45, 2.75) is 26.8 Å². The average Bonchev–Trinajstić information content (AvgIpc) is 2.56. The summed E-state index contributed by atoms with van der Waals surface area (Å²) < 4.78 is 1.73. The van der Waals surface area contributed by atoms with E-state index in [1.54, 1.807) is 10.7 Å². The van der Waals surface area contributed by atoms with E-state index in [9.17, 15) is 4.79 Å². The molecule has 0 saturated carbocycles. The van der Waals surface area contributed by atoms with Crippen LogP contribution in [0.15, 0.2) is 18.2 Å². The van der Waals surface area contributed by atoms with Gasteiger partial charge in [-0.15, -0.1) is 0 Å². The van der Waals surface area contributed by atoms with Gasteiger partial charge in [-0.1, -0.05) is 23.7 Å². The minimum atomic E-state index is 0.0100. The highest BCUT2D eigenvalue weighted by molar-refractivity contribution is 6.35. The first kappa shape index (κ1) is 11.1. The second kappa shape index (κ2) is 3.91. The minimum Gasteiger partial charge on any atom is -0.294 e. The number of halogens is 1. The van der Waals surface area contributed by atoms with Crippen LogP contribution in [-0.2, 0) is 0 Å². The summed E-state index contributed by atoms with van der Waals surface area (Å²) in [4.78, 5) is 11.5. The molecule has 0 bridgehead atoms. The van der Waals surface area contributed by atoms with E-state index in [0.29, 0.717) is 10.7 Å². The Bertz CT molecular complexity index is 557. The quantitative estimate of drug-likeness (QED) is 0.749. The summed E-state index contributed by atoms with van der Waals surface area (Å²) in [6, 6.07) is 5.65. The first-order valence-corrected chi connectivity index (χ1v) is 5.58. The zero-order chi connectivity index (χ0) is 11.9. The smallest absolute Gasteiger partial charge is 0.160 e. The Morgan fingerprint density at radius 3 is 2.69 bits per heavy atom. The fraction of sp³-hybridized carbons (Fsp3) is 0.333. The molecule has 2 aromatic rings.